The van der Waals surface area contributed by atoms with Gasteiger partial charge in [0.25, 0.3) is 0 Å². The van der Waals surface area contributed by atoms with Crippen LogP contribution in [0, 0.1) is 5.92 Å². The van der Waals surface area contributed by atoms with Gasteiger partial charge in [0.1, 0.15) is 0 Å². The van der Waals surface area contributed by atoms with E-state index >= 15 is 0 Å². The first-order chi connectivity index (χ1) is 8.56. The van der Waals surface area contributed by atoms with E-state index in [1.165, 1.54) is 11.1 Å². The molecule has 0 aliphatic carbocycles. The van der Waals surface area contributed by atoms with Gasteiger partial charge < -0.3 is 10.6 Å². The van der Waals surface area contributed by atoms with Crippen molar-refractivity contribution in [1.82, 2.24) is 4.90 Å². The average Bonchev–Trinajstić information content (AvgIpc) is 2.36. The molecule has 2 N–H and O–H groups in total. The van der Waals surface area contributed by atoms with Crippen LogP contribution in [0.1, 0.15) is 44.2 Å². The van der Waals surface area contributed by atoms with E-state index in [0.717, 1.165) is 26.1 Å². The van der Waals surface area contributed by atoms with Crippen molar-refractivity contribution in [1.29, 1.82) is 0 Å². The molecule has 2 heteroatoms. The Kier molecular flexibility index (Phi) is 6.37. The van der Waals surface area contributed by atoms with E-state index in [4.69, 9.17) is 5.73 Å². The second-order valence-electron chi connectivity index (χ2n) is 5.60. The van der Waals surface area contributed by atoms with Crippen molar-refractivity contribution in [2.75, 3.05) is 20.1 Å². The zero-order chi connectivity index (χ0) is 13.5. The summed E-state index contributed by atoms with van der Waals surface area (Å²) in [5.74, 6) is 1.23. The second-order valence-corrected chi connectivity index (χ2v) is 5.60. The number of nitrogens with zero attached hydrogens (tertiary/aromatic N) is 1. The highest BCUT2D eigenvalue weighted by atomic mass is 15.1. The number of hydrogen-bond donors (Lipinski definition) is 1. The predicted octanol–water partition coefficient (Wildman–Crippen LogP) is 3.23. The first-order valence-corrected chi connectivity index (χ1v) is 7.04. The summed E-state index contributed by atoms with van der Waals surface area (Å²) in [7, 11) is 2.18. The highest BCUT2D eigenvalue weighted by molar-refractivity contribution is 5.24. The third-order valence-electron chi connectivity index (χ3n) is 3.58. The van der Waals surface area contributed by atoms with Crippen molar-refractivity contribution in [3.8, 4) is 0 Å². The minimum Gasteiger partial charge on any atom is -0.330 e. The van der Waals surface area contributed by atoms with Gasteiger partial charge in [-0.15, -0.1) is 0 Å². The maximum absolute atomic E-state index is 5.75. The molecule has 1 aromatic rings. The lowest BCUT2D eigenvalue weighted by molar-refractivity contribution is 0.268. The molecule has 18 heavy (non-hydrogen) atoms. The Hall–Kier alpha value is -0.860. The maximum atomic E-state index is 5.75. The Morgan fingerprint density at radius 3 is 2.22 bits per heavy atom. The molecular formula is C16H28N2. The van der Waals surface area contributed by atoms with Crippen LogP contribution in [-0.4, -0.2) is 25.0 Å². The molecule has 0 saturated carbocycles. The number of nitrogens with two attached hydrogens (primary N) is 1. The van der Waals surface area contributed by atoms with Gasteiger partial charge in [0.15, 0.2) is 0 Å². The lowest BCUT2D eigenvalue weighted by Crippen LogP contribution is -2.29. The monoisotopic (exact) mass is 248 g/mol. The third-order valence-corrected chi connectivity index (χ3v) is 3.58. The molecule has 0 amide bonds. The number of rotatable bonds is 7. The Morgan fingerprint density at radius 1 is 1.17 bits per heavy atom. The molecular weight excluding hydrogens is 220 g/mol. The van der Waals surface area contributed by atoms with Gasteiger partial charge in [0, 0.05) is 13.1 Å². The molecule has 1 rings (SSSR count). The fourth-order valence-electron chi connectivity index (χ4n) is 2.20. The van der Waals surface area contributed by atoms with E-state index in [-0.39, 0.29) is 0 Å². The van der Waals surface area contributed by atoms with Crippen LogP contribution in [0.2, 0.25) is 0 Å². The summed E-state index contributed by atoms with van der Waals surface area (Å²) in [6, 6.07) is 8.98. The quantitative estimate of drug-likeness (QED) is 0.802. The van der Waals surface area contributed by atoms with Crippen molar-refractivity contribution in [2.24, 2.45) is 11.7 Å². The fraction of sp³-hybridized carbons (Fsp3) is 0.625. The smallest absolute Gasteiger partial charge is 0.0230 e. The first kappa shape index (κ1) is 15.2. The SMILES string of the molecule is CCC(CN)CN(C)Cc1ccc(C(C)C)cc1. The summed E-state index contributed by atoms with van der Waals surface area (Å²) in [6.07, 6.45) is 1.16. The molecule has 1 unspecified atom stereocenters. The lowest BCUT2D eigenvalue weighted by Gasteiger charge is -2.22. The highest BCUT2D eigenvalue weighted by Crippen LogP contribution is 2.15. The molecule has 2 nitrogen and oxygen atoms in total. The van der Waals surface area contributed by atoms with Crippen LogP contribution >= 0.6 is 0 Å². The molecule has 1 atom stereocenters. The molecule has 0 fully saturated rings. The molecule has 0 aromatic heterocycles. The van der Waals surface area contributed by atoms with Crippen LogP contribution in [0.25, 0.3) is 0 Å². The summed E-state index contributed by atoms with van der Waals surface area (Å²) < 4.78 is 0. The van der Waals surface area contributed by atoms with Crippen LogP contribution in [0.5, 0.6) is 0 Å². The van der Waals surface area contributed by atoms with Gasteiger partial charge >= 0.3 is 0 Å². The van der Waals surface area contributed by atoms with Gasteiger partial charge in [-0.2, -0.15) is 0 Å². The Labute approximate surface area is 112 Å². The molecule has 0 aliphatic heterocycles. The normalized spacial score (nSPS) is 13.3. The predicted molar refractivity (Wildman–Crippen MR) is 79.7 cm³/mol. The summed E-state index contributed by atoms with van der Waals surface area (Å²) in [5, 5.41) is 0. The highest BCUT2D eigenvalue weighted by Gasteiger charge is 2.08. The maximum Gasteiger partial charge on any atom is 0.0230 e. The molecule has 0 heterocycles. The molecule has 1 aromatic carbocycles. The number of hydrogen-bond acceptors (Lipinski definition) is 2. The van der Waals surface area contributed by atoms with Crippen LogP contribution in [0.3, 0.4) is 0 Å². The molecule has 0 bridgehead atoms. The van der Waals surface area contributed by atoms with E-state index in [9.17, 15) is 0 Å². The van der Waals surface area contributed by atoms with E-state index in [2.05, 4.69) is 57.0 Å². The summed E-state index contributed by atoms with van der Waals surface area (Å²) >= 11 is 0. The Morgan fingerprint density at radius 2 is 1.78 bits per heavy atom. The van der Waals surface area contributed by atoms with Crippen LogP contribution in [-0.2, 0) is 6.54 Å². The summed E-state index contributed by atoms with van der Waals surface area (Å²) in [6.45, 7) is 9.55. The standard InChI is InChI=1S/C16H28N2/c1-5-14(10-17)11-18(4)12-15-6-8-16(9-7-15)13(2)3/h6-9,13-14H,5,10-12,17H2,1-4H3. The molecule has 0 radical (unpaired) electrons. The second kappa shape index (κ2) is 7.55. The van der Waals surface area contributed by atoms with Gasteiger partial charge in [0.2, 0.25) is 0 Å². The topological polar surface area (TPSA) is 29.3 Å². The summed E-state index contributed by atoms with van der Waals surface area (Å²) in [5.41, 5.74) is 8.55. The lowest BCUT2D eigenvalue weighted by atomic mass is 10.0. The van der Waals surface area contributed by atoms with Crippen LogP contribution < -0.4 is 5.73 Å². The zero-order valence-corrected chi connectivity index (χ0v) is 12.3. The van der Waals surface area contributed by atoms with E-state index in [0.29, 0.717) is 11.8 Å². The minimum absolute atomic E-state index is 0.610. The van der Waals surface area contributed by atoms with Crippen LogP contribution in [0.4, 0.5) is 0 Å². The summed E-state index contributed by atoms with van der Waals surface area (Å²) in [4.78, 5) is 2.37. The van der Waals surface area contributed by atoms with Crippen molar-refractivity contribution >= 4 is 0 Å². The Bertz CT molecular complexity index is 325. The molecule has 102 valence electrons. The van der Waals surface area contributed by atoms with Crippen molar-refractivity contribution < 1.29 is 0 Å². The van der Waals surface area contributed by atoms with Crippen LogP contribution in [0.15, 0.2) is 24.3 Å². The minimum atomic E-state index is 0.610. The van der Waals surface area contributed by atoms with Gasteiger partial charge in [-0.25, -0.2) is 0 Å². The Balaban J connectivity index is 2.51. The van der Waals surface area contributed by atoms with Gasteiger partial charge in [-0.05, 0) is 36.6 Å². The van der Waals surface area contributed by atoms with Crippen molar-refractivity contribution in [3.63, 3.8) is 0 Å². The van der Waals surface area contributed by atoms with Crippen molar-refractivity contribution in [3.05, 3.63) is 35.4 Å². The molecule has 0 aliphatic rings. The largest absolute Gasteiger partial charge is 0.330 e. The van der Waals surface area contributed by atoms with E-state index < -0.39 is 0 Å². The molecule has 0 spiro atoms. The average molecular weight is 248 g/mol. The van der Waals surface area contributed by atoms with Crippen molar-refractivity contribution in [2.45, 2.75) is 39.7 Å². The van der Waals surface area contributed by atoms with Gasteiger partial charge in [0.05, 0.1) is 0 Å². The zero-order valence-electron chi connectivity index (χ0n) is 12.3. The van der Waals surface area contributed by atoms with E-state index in [1.807, 2.05) is 0 Å². The number of benzene rings is 1. The van der Waals surface area contributed by atoms with Gasteiger partial charge in [-0.1, -0.05) is 51.5 Å². The molecule has 0 saturated heterocycles. The van der Waals surface area contributed by atoms with Gasteiger partial charge in [-0.3, -0.25) is 0 Å². The first-order valence-electron chi connectivity index (χ1n) is 7.04. The third kappa shape index (κ3) is 4.79. The fourth-order valence-corrected chi connectivity index (χ4v) is 2.20. The van der Waals surface area contributed by atoms with E-state index in [1.54, 1.807) is 0 Å².